The predicted molar refractivity (Wildman–Crippen MR) is 103 cm³/mol. The fraction of sp³-hybridized carbons (Fsp3) is 0.353. The zero-order chi connectivity index (χ0) is 16.9. The van der Waals surface area contributed by atoms with E-state index in [4.69, 9.17) is 4.74 Å². The van der Waals surface area contributed by atoms with Crippen LogP contribution in [0.2, 0.25) is 0 Å². The summed E-state index contributed by atoms with van der Waals surface area (Å²) in [6, 6.07) is 7.93. The SMILES string of the molecule is CCCNc1nc(NCc2ccccc2OC)c2cnn(C)c2n1.Cl. The molecule has 0 bridgehead atoms. The van der Waals surface area contributed by atoms with Gasteiger partial charge in [0, 0.05) is 25.7 Å². The van der Waals surface area contributed by atoms with Gasteiger partial charge in [0.2, 0.25) is 5.95 Å². The van der Waals surface area contributed by atoms with Gasteiger partial charge in [-0.15, -0.1) is 12.4 Å². The maximum absolute atomic E-state index is 5.40. The van der Waals surface area contributed by atoms with Crippen LogP contribution in [0.5, 0.6) is 5.75 Å². The molecule has 8 heteroatoms. The van der Waals surface area contributed by atoms with Gasteiger partial charge in [0.15, 0.2) is 5.65 Å². The number of halogens is 1. The average Bonchev–Trinajstić information content (AvgIpc) is 2.99. The quantitative estimate of drug-likeness (QED) is 0.672. The molecule has 25 heavy (non-hydrogen) atoms. The summed E-state index contributed by atoms with van der Waals surface area (Å²) in [4.78, 5) is 9.13. The summed E-state index contributed by atoms with van der Waals surface area (Å²) in [5.41, 5.74) is 1.87. The van der Waals surface area contributed by atoms with Crippen LogP contribution in [0.1, 0.15) is 18.9 Å². The summed E-state index contributed by atoms with van der Waals surface area (Å²) >= 11 is 0. The van der Waals surface area contributed by atoms with Gasteiger partial charge in [-0.1, -0.05) is 25.1 Å². The molecule has 0 amide bonds. The van der Waals surface area contributed by atoms with Crippen molar-refractivity contribution in [3.8, 4) is 5.75 Å². The number of rotatable bonds is 7. The van der Waals surface area contributed by atoms with E-state index in [1.165, 1.54) is 0 Å². The molecule has 0 atom stereocenters. The number of aromatic nitrogens is 4. The van der Waals surface area contributed by atoms with Crippen LogP contribution >= 0.6 is 12.4 Å². The van der Waals surface area contributed by atoms with E-state index in [0.717, 1.165) is 41.1 Å². The minimum absolute atomic E-state index is 0. The average molecular weight is 363 g/mol. The number of nitrogens with one attached hydrogen (secondary N) is 2. The van der Waals surface area contributed by atoms with E-state index in [9.17, 15) is 0 Å². The van der Waals surface area contributed by atoms with Crippen LogP contribution in [0.15, 0.2) is 30.5 Å². The van der Waals surface area contributed by atoms with Crippen molar-refractivity contribution in [2.75, 3.05) is 24.3 Å². The third-order valence-electron chi connectivity index (χ3n) is 3.76. The zero-order valence-electron chi connectivity index (χ0n) is 14.6. The van der Waals surface area contributed by atoms with Gasteiger partial charge in [-0.3, -0.25) is 4.68 Å². The fourth-order valence-corrected chi connectivity index (χ4v) is 2.50. The first-order valence-electron chi connectivity index (χ1n) is 8.02. The molecule has 0 fully saturated rings. The van der Waals surface area contributed by atoms with Crippen molar-refractivity contribution < 1.29 is 4.74 Å². The topological polar surface area (TPSA) is 76.9 Å². The lowest BCUT2D eigenvalue weighted by atomic mass is 10.2. The molecule has 0 radical (unpaired) electrons. The maximum atomic E-state index is 5.40. The van der Waals surface area contributed by atoms with Gasteiger partial charge in [0.25, 0.3) is 0 Å². The molecule has 2 N–H and O–H groups in total. The van der Waals surface area contributed by atoms with Crippen molar-refractivity contribution in [1.82, 2.24) is 19.7 Å². The van der Waals surface area contributed by atoms with Crippen molar-refractivity contribution in [3.05, 3.63) is 36.0 Å². The smallest absolute Gasteiger partial charge is 0.226 e. The largest absolute Gasteiger partial charge is 0.496 e. The molecular formula is C17H23ClN6O. The number of fused-ring (bicyclic) bond motifs is 1. The number of nitrogens with zero attached hydrogens (tertiary/aromatic N) is 4. The van der Waals surface area contributed by atoms with E-state index >= 15 is 0 Å². The second-order valence-corrected chi connectivity index (χ2v) is 5.49. The van der Waals surface area contributed by atoms with E-state index in [2.05, 4.69) is 32.6 Å². The highest BCUT2D eigenvalue weighted by atomic mass is 35.5. The summed E-state index contributed by atoms with van der Waals surface area (Å²) in [5.74, 6) is 2.22. The molecule has 7 nitrogen and oxygen atoms in total. The number of anilines is 2. The number of methoxy groups -OCH3 is 1. The lowest BCUT2D eigenvalue weighted by Gasteiger charge is -2.12. The predicted octanol–water partition coefficient (Wildman–Crippen LogP) is 3.23. The number of para-hydroxylation sites is 1. The second-order valence-electron chi connectivity index (χ2n) is 5.49. The molecule has 0 aliphatic rings. The minimum atomic E-state index is 0. The first-order valence-corrected chi connectivity index (χ1v) is 8.02. The van der Waals surface area contributed by atoms with E-state index < -0.39 is 0 Å². The highest BCUT2D eigenvalue weighted by molar-refractivity contribution is 5.87. The number of hydrogen-bond donors (Lipinski definition) is 2. The molecule has 2 aromatic heterocycles. The first-order chi connectivity index (χ1) is 11.7. The van der Waals surface area contributed by atoms with Crippen LogP contribution in [0.4, 0.5) is 11.8 Å². The van der Waals surface area contributed by atoms with Gasteiger partial charge in [-0.05, 0) is 12.5 Å². The van der Waals surface area contributed by atoms with E-state index in [1.54, 1.807) is 18.0 Å². The summed E-state index contributed by atoms with van der Waals surface area (Å²) in [5, 5.41) is 11.8. The third-order valence-corrected chi connectivity index (χ3v) is 3.76. The van der Waals surface area contributed by atoms with Gasteiger partial charge in [-0.2, -0.15) is 15.1 Å². The minimum Gasteiger partial charge on any atom is -0.496 e. The molecule has 0 unspecified atom stereocenters. The summed E-state index contributed by atoms with van der Waals surface area (Å²) in [6.45, 7) is 3.55. The van der Waals surface area contributed by atoms with Gasteiger partial charge < -0.3 is 15.4 Å². The monoisotopic (exact) mass is 362 g/mol. The summed E-state index contributed by atoms with van der Waals surface area (Å²) in [7, 11) is 3.55. The second kappa shape index (κ2) is 8.53. The zero-order valence-corrected chi connectivity index (χ0v) is 15.4. The standard InChI is InChI=1S/C17H22N6O.ClH/c1-4-9-18-17-21-15(13-11-20-23(2)16(13)22-17)19-10-12-7-5-6-8-14(12)24-3;/h5-8,11H,4,9-10H2,1-3H3,(H2,18,19,21,22);1H. The van der Waals surface area contributed by atoms with Crippen LogP contribution in [0.25, 0.3) is 11.0 Å². The van der Waals surface area contributed by atoms with E-state index in [1.807, 2.05) is 31.3 Å². The Hall–Kier alpha value is -2.54. The summed E-state index contributed by atoms with van der Waals surface area (Å²) in [6.07, 6.45) is 2.79. The Morgan fingerprint density at radius 1 is 1.16 bits per heavy atom. The molecule has 1 aromatic carbocycles. The number of hydrogen-bond acceptors (Lipinski definition) is 6. The third kappa shape index (κ3) is 4.11. The van der Waals surface area contributed by atoms with Gasteiger partial charge >= 0.3 is 0 Å². The number of ether oxygens (including phenoxy) is 1. The van der Waals surface area contributed by atoms with Gasteiger partial charge in [0.05, 0.1) is 18.7 Å². The van der Waals surface area contributed by atoms with Crippen LogP contribution in [0.3, 0.4) is 0 Å². The van der Waals surface area contributed by atoms with Crippen molar-refractivity contribution in [2.24, 2.45) is 7.05 Å². The Bertz CT molecular complexity index is 835. The fourth-order valence-electron chi connectivity index (χ4n) is 2.50. The summed E-state index contributed by atoms with van der Waals surface area (Å²) < 4.78 is 7.15. The van der Waals surface area contributed by atoms with Crippen LogP contribution < -0.4 is 15.4 Å². The van der Waals surface area contributed by atoms with Crippen LogP contribution in [-0.2, 0) is 13.6 Å². The first kappa shape index (κ1) is 18.8. The van der Waals surface area contributed by atoms with Crippen molar-refractivity contribution >= 4 is 35.2 Å². The number of benzene rings is 1. The van der Waals surface area contributed by atoms with Crippen molar-refractivity contribution in [3.63, 3.8) is 0 Å². The highest BCUT2D eigenvalue weighted by Gasteiger charge is 2.12. The van der Waals surface area contributed by atoms with Crippen LogP contribution in [0, 0.1) is 0 Å². The molecule has 0 aliphatic heterocycles. The highest BCUT2D eigenvalue weighted by Crippen LogP contribution is 2.24. The molecule has 0 saturated carbocycles. The lowest BCUT2D eigenvalue weighted by molar-refractivity contribution is 0.410. The van der Waals surface area contributed by atoms with Crippen molar-refractivity contribution in [1.29, 1.82) is 0 Å². The Morgan fingerprint density at radius 2 is 1.96 bits per heavy atom. The molecule has 134 valence electrons. The van der Waals surface area contributed by atoms with E-state index in [0.29, 0.717) is 12.5 Å². The maximum Gasteiger partial charge on any atom is 0.226 e. The molecule has 0 saturated heterocycles. The van der Waals surface area contributed by atoms with Gasteiger partial charge in [-0.25, -0.2) is 0 Å². The van der Waals surface area contributed by atoms with Gasteiger partial charge in [0.1, 0.15) is 11.6 Å². The Kier molecular flexibility index (Phi) is 6.41. The Balaban J connectivity index is 0.00000225. The van der Waals surface area contributed by atoms with Crippen LogP contribution in [-0.4, -0.2) is 33.4 Å². The number of aryl methyl sites for hydroxylation is 1. The molecule has 0 spiro atoms. The lowest BCUT2D eigenvalue weighted by Crippen LogP contribution is -2.09. The normalized spacial score (nSPS) is 10.4. The van der Waals surface area contributed by atoms with E-state index in [-0.39, 0.29) is 12.4 Å². The molecule has 0 aliphatic carbocycles. The van der Waals surface area contributed by atoms with Crippen molar-refractivity contribution in [2.45, 2.75) is 19.9 Å². The Morgan fingerprint density at radius 3 is 2.72 bits per heavy atom. The molecule has 2 heterocycles. The molecule has 3 aromatic rings. The Labute approximate surface area is 153 Å². The molecular weight excluding hydrogens is 340 g/mol. The molecule has 3 rings (SSSR count).